The summed E-state index contributed by atoms with van der Waals surface area (Å²) in [4.78, 5) is 35.6. The number of nitrogens with zero attached hydrogens (tertiary/aromatic N) is 2. The predicted molar refractivity (Wildman–Crippen MR) is 113 cm³/mol. The average Bonchev–Trinajstić information content (AvgIpc) is 2.97. The van der Waals surface area contributed by atoms with Crippen molar-refractivity contribution in [2.75, 3.05) is 0 Å². The minimum atomic E-state index is -0.470. The lowest BCUT2D eigenvalue weighted by molar-refractivity contribution is -0.384. The summed E-state index contributed by atoms with van der Waals surface area (Å²) in [5.41, 5.74) is 4.65. The van der Waals surface area contributed by atoms with E-state index in [-0.39, 0.29) is 23.0 Å². The van der Waals surface area contributed by atoms with Gasteiger partial charge in [0.1, 0.15) is 4.88 Å². The van der Waals surface area contributed by atoms with Crippen LogP contribution in [0, 0.1) is 30.9 Å². The molecule has 3 rings (SSSR count). The second-order valence-corrected chi connectivity index (χ2v) is 7.81. The molecule has 0 aliphatic heterocycles. The molecule has 0 atom stereocenters. The Hall–Kier alpha value is -3.26. The number of hydrogen-bond donors (Lipinski definition) is 1. The molecule has 1 amide bonds. The summed E-state index contributed by atoms with van der Waals surface area (Å²) in [7, 11) is 0. The minimum Gasteiger partial charge on any atom is -0.347 e. The van der Waals surface area contributed by atoms with Crippen molar-refractivity contribution >= 4 is 22.9 Å². The lowest BCUT2D eigenvalue weighted by atomic mass is 10.0. The normalized spacial score (nSPS) is 10.7. The maximum Gasteiger partial charge on any atom is 0.308 e. The Morgan fingerprint density at radius 1 is 1.10 bits per heavy atom. The molecule has 0 radical (unpaired) electrons. The van der Waals surface area contributed by atoms with Crippen LogP contribution in [0.2, 0.25) is 0 Å². The minimum absolute atomic E-state index is 0.00212. The zero-order valence-corrected chi connectivity index (χ0v) is 17.2. The van der Waals surface area contributed by atoms with Crippen LogP contribution < -0.4 is 10.2 Å². The van der Waals surface area contributed by atoms with Crippen LogP contribution in [0.25, 0.3) is 0 Å². The molecule has 0 fully saturated rings. The van der Waals surface area contributed by atoms with Gasteiger partial charge in [-0.25, -0.2) is 0 Å². The van der Waals surface area contributed by atoms with Crippen molar-refractivity contribution in [2.45, 2.75) is 33.9 Å². The molecule has 0 aliphatic rings. The summed E-state index contributed by atoms with van der Waals surface area (Å²) < 4.78 is 1.63. The molecule has 2 aromatic carbocycles. The van der Waals surface area contributed by atoms with E-state index in [9.17, 15) is 19.7 Å². The molecule has 0 saturated carbocycles. The van der Waals surface area contributed by atoms with Gasteiger partial charge in [0.15, 0.2) is 0 Å². The van der Waals surface area contributed by atoms with Crippen LogP contribution in [0.3, 0.4) is 0 Å². The van der Waals surface area contributed by atoms with Crippen molar-refractivity contribution in [1.29, 1.82) is 0 Å². The first-order chi connectivity index (χ1) is 13.8. The van der Waals surface area contributed by atoms with E-state index in [1.54, 1.807) is 23.6 Å². The maximum absolute atomic E-state index is 12.6. The number of amides is 1. The molecule has 1 N–H and O–H groups in total. The molecule has 1 aromatic heterocycles. The Morgan fingerprint density at radius 2 is 1.72 bits per heavy atom. The molecule has 7 nitrogen and oxygen atoms in total. The summed E-state index contributed by atoms with van der Waals surface area (Å²) >= 11 is 0.928. The third kappa shape index (κ3) is 4.43. The molecule has 0 aliphatic carbocycles. The SMILES string of the molecule is Cc1cccc(C)c1Cn1c(C)c(C(=O)NCc2ccc([N+](=O)[O-])cc2)sc1=O. The number of non-ortho nitro benzene ring substituents is 1. The quantitative estimate of drug-likeness (QED) is 0.494. The fraction of sp³-hybridized carbons (Fsp3) is 0.238. The number of benzene rings is 2. The highest BCUT2D eigenvalue weighted by Crippen LogP contribution is 2.18. The number of nitrogens with one attached hydrogen (secondary N) is 1. The molecule has 0 unspecified atom stereocenters. The number of hydrogen-bond acceptors (Lipinski definition) is 5. The predicted octanol–water partition coefficient (Wildman–Crippen LogP) is 3.72. The van der Waals surface area contributed by atoms with Crippen LogP contribution in [0.1, 0.15) is 37.6 Å². The second kappa shape index (κ2) is 8.40. The molecule has 0 bridgehead atoms. The fourth-order valence-electron chi connectivity index (χ4n) is 3.12. The fourth-order valence-corrected chi connectivity index (χ4v) is 4.03. The van der Waals surface area contributed by atoms with Gasteiger partial charge in [0, 0.05) is 24.4 Å². The molecular weight excluding hydrogens is 390 g/mol. The molecule has 3 aromatic rings. The number of carbonyl (C=O) groups is 1. The van der Waals surface area contributed by atoms with E-state index < -0.39 is 4.92 Å². The van der Waals surface area contributed by atoms with Crippen molar-refractivity contribution in [3.63, 3.8) is 0 Å². The molecule has 8 heteroatoms. The number of aryl methyl sites for hydroxylation is 2. The van der Waals surface area contributed by atoms with Gasteiger partial charge in [-0.1, -0.05) is 41.7 Å². The van der Waals surface area contributed by atoms with Crippen LogP contribution in [0.5, 0.6) is 0 Å². The first kappa shape index (κ1) is 20.5. The molecular formula is C21H21N3O4S. The van der Waals surface area contributed by atoms with Gasteiger partial charge in [0.25, 0.3) is 11.6 Å². The third-order valence-corrected chi connectivity index (χ3v) is 5.99. The Kier molecular flexibility index (Phi) is 5.93. The first-order valence-electron chi connectivity index (χ1n) is 9.04. The van der Waals surface area contributed by atoms with Gasteiger partial charge in [-0.05, 0) is 43.0 Å². The number of carbonyl (C=O) groups excluding carboxylic acids is 1. The highest BCUT2D eigenvalue weighted by Gasteiger charge is 2.18. The summed E-state index contributed by atoms with van der Waals surface area (Å²) in [6.45, 7) is 6.43. The monoisotopic (exact) mass is 411 g/mol. The first-order valence-corrected chi connectivity index (χ1v) is 9.86. The highest BCUT2D eigenvalue weighted by molar-refractivity contribution is 7.11. The van der Waals surface area contributed by atoms with Crippen molar-refractivity contribution in [3.8, 4) is 0 Å². The summed E-state index contributed by atoms with van der Waals surface area (Å²) in [6, 6.07) is 12.0. The standard InChI is InChI=1S/C21H21N3O4S/c1-13-5-4-6-14(2)18(13)12-23-15(3)19(29-21(23)26)20(25)22-11-16-7-9-17(10-8-16)24(27)28/h4-10H,11-12H2,1-3H3,(H,22,25). The molecule has 150 valence electrons. The van der Waals surface area contributed by atoms with Crippen LogP contribution in [-0.2, 0) is 13.1 Å². The number of nitro benzene ring substituents is 1. The van der Waals surface area contributed by atoms with Crippen LogP contribution in [0.15, 0.2) is 47.3 Å². The summed E-state index contributed by atoms with van der Waals surface area (Å²) in [6.07, 6.45) is 0. The lowest BCUT2D eigenvalue weighted by Gasteiger charge is -2.11. The zero-order chi connectivity index (χ0) is 21.1. The van der Waals surface area contributed by atoms with Gasteiger partial charge in [-0.3, -0.25) is 24.3 Å². The van der Waals surface area contributed by atoms with E-state index in [0.29, 0.717) is 17.1 Å². The Balaban J connectivity index is 1.76. The van der Waals surface area contributed by atoms with Gasteiger partial charge < -0.3 is 5.32 Å². The molecule has 29 heavy (non-hydrogen) atoms. The largest absolute Gasteiger partial charge is 0.347 e. The van der Waals surface area contributed by atoms with Crippen molar-refractivity contribution in [2.24, 2.45) is 0 Å². The van der Waals surface area contributed by atoms with Gasteiger partial charge >= 0.3 is 4.87 Å². The lowest BCUT2D eigenvalue weighted by Crippen LogP contribution is -2.23. The van der Waals surface area contributed by atoms with Crippen LogP contribution in [-0.4, -0.2) is 15.4 Å². The van der Waals surface area contributed by atoms with Crippen molar-refractivity contribution in [3.05, 3.63) is 95.1 Å². The van der Waals surface area contributed by atoms with Gasteiger partial charge in [0.2, 0.25) is 0 Å². The van der Waals surface area contributed by atoms with E-state index in [4.69, 9.17) is 0 Å². The molecule has 0 saturated heterocycles. The number of nitro groups is 1. The number of thiazole rings is 1. The molecule has 1 heterocycles. The Morgan fingerprint density at radius 3 is 2.31 bits per heavy atom. The summed E-state index contributed by atoms with van der Waals surface area (Å²) in [5, 5.41) is 13.5. The van der Waals surface area contributed by atoms with Gasteiger partial charge in [-0.2, -0.15) is 0 Å². The van der Waals surface area contributed by atoms with Gasteiger partial charge in [0.05, 0.1) is 11.5 Å². The smallest absolute Gasteiger partial charge is 0.308 e. The van der Waals surface area contributed by atoms with Crippen LogP contribution >= 0.6 is 11.3 Å². The van der Waals surface area contributed by atoms with Crippen molar-refractivity contribution < 1.29 is 9.72 Å². The second-order valence-electron chi connectivity index (χ2n) is 6.85. The maximum atomic E-state index is 12.6. The van der Waals surface area contributed by atoms with Crippen LogP contribution in [0.4, 0.5) is 5.69 Å². The Bertz CT molecular complexity index is 1110. The van der Waals surface area contributed by atoms with E-state index in [2.05, 4.69) is 5.32 Å². The number of aromatic nitrogens is 1. The van der Waals surface area contributed by atoms with Gasteiger partial charge in [-0.15, -0.1) is 0 Å². The zero-order valence-electron chi connectivity index (χ0n) is 16.4. The van der Waals surface area contributed by atoms with E-state index >= 15 is 0 Å². The summed E-state index contributed by atoms with van der Waals surface area (Å²) in [5.74, 6) is -0.330. The van der Waals surface area contributed by atoms with E-state index in [1.165, 1.54) is 12.1 Å². The average molecular weight is 411 g/mol. The van der Waals surface area contributed by atoms with Crippen molar-refractivity contribution in [1.82, 2.24) is 9.88 Å². The topological polar surface area (TPSA) is 94.2 Å². The highest BCUT2D eigenvalue weighted by atomic mass is 32.1. The Labute approximate surface area is 171 Å². The number of rotatable bonds is 6. The van der Waals surface area contributed by atoms with E-state index in [0.717, 1.165) is 33.6 Å². The van der Waals surface area contributed by atoms with E-state index in [1.807, 2.05) is 32.0 Å². The third-order valence-electron chi connectivity index (χ3n) is 4.91. The molecule has 0 spiro atoms.